The Labute approximate surface area is 159 Å². The van der Waals surface area contributed by atoms with E-state index in [-0.39, 0.29) is 10.6 Å². The normalized spacial score (nSPS) is 19.5. The van der Waals surface area contributed by atoms with Crippen molar-refractivity contribution in [3.05, 3.63) is 42.0 Å². The summed E-state index contributed by atoms with van der Waals surface area (Å²) in [5, 5.41) is 7.62. The lowest BCUT2D eigenvalue weighted by molar-refractivity contribution is 0.288. The first-order valence-corrected chi connectivity index (χ1v) is 10.9. The third kappa shape index (κ3) is 4.07. The van der Waals surface area contributed by atoms with Gasteiger partial charge in [-0.05, 0) is 68.8 Å². The van der Waals surface area contributed by atoms with Crippen LogP contribution in [-0.2, 0) is 10.0 Å². The van der Waals surface area contributed by atoms with Gasteiger partial charge in [-0.1, -0.05) is 0 Å². The number of nitrogens with zero attached hydrogens (tertiary/aromatic N) is 3. The van der Waals surface area contributed by atoms with E-state index < -0.39 is 15.8 Å². The molecule has 0 atom stereocenters. The molecule has 6 nitrogen and oxygen atoms in total. The standard InChI is InChI=1S/C19H25FN4O2S/c1-14-11-22-24(13-14)19-5-4-17(10-18(19)20)27(25,26)23-8-6-16(7-9-23)21-12-15-2-3-15/h4-5,10-11,13,15-16,21H,2-3,6-9,12H2,1H3. The molecule has 1 N–H and O–H groups in total. The smallest absolute Gasteiger partial charge is 0.243 e. The van der Waals surface area contributed by atoms with Crippen LogP contribution in [0.2, 0.25) is 0 Å². The zero-order valence-corrected chi connectivity index (χ0v) is 16.3. The lowest BCUT2D eigenvalue weighted by Crippen LogP contribution is -2.45. The summed E-state index contributed by atoms with van der Waals surface area (Å²) in [5.41, 5.74) is 1.15. The van der Waals surface area contributed by atoms with Crippen LogP contribution in [0, 0.1) is 18.7 Å². The molecule has 146 valence electrons. The number of benzene rings is 1. The molecule has 1 saturated heterocycles. The SMILES string of the molecule is Cc1cnn(-c2ccc(S(=O)(=O)N3CCC(NCC4CC4)CC3)cc2F)c1. The minimum atomic E-state index is -3.68. The quantitative estimate of drug-likeness (QED) is 0.820. The van der Waals surface area contributed by atoms with Gasteiger partial charge in [-0.3, -0.25) is 0 Å². The van der Waals surface area contributed by atoms with Crippen LogP contribution < -0.4 is 5.32 Å². The molecule has 1 aromatic carbocycles. The molecule has 8 heteroatoms. The van der Waals surface area contributed by atoms with Crippen molar-refractivity contribution in [2.24, 2.45) is 5.92 Å². The Bertz CT molecular complexity index is 916. The molecule has 1 aromatic heterocycles. The van der Waals surface area contributed by atoms with Crippen LogP contribution in [0.4, 0.5) is 4.39 Å². The second kappa shape index (κ2) is 7.33. The molecule has 0 amide bonds. The molecule has 1 aliphatic carbocycles. The maximum atomic E-state index is 14.5. The number of hydrogen-bond acceptors (Lipinski definition) is 4. The second-order valence-electron chi connectivity index (χ2n) is 7.61. The van der Waals surface area contributed by atoms with Gasteiger partial charge in [0.1, 0.15) is 11.5 Å². The van der Waals surface area contributed by atoms with Gasteiger partial charge < -0.3 is 5.32 Å². The lowest BCUT2D eigenvalue weighted by Gasteiger charge is -2.31. The summed E-state index contributed by atoms with van der Waals surface area (Å²) < 4.78 is 43.2. The van der Waals surface area contributed by atoms with Crippen molar-refractivity contribution >= 4 is 10.0 Å². The molecule has 0 spiro atoms. The highest BCUT2D eigenvalue weighted by Crippen LogP contribution is 2.28. The highest BCUT2D eigenvalue weighted by atomic mass is 32.2. The Morgan fingerprint density at radius 1 is 1.22 bits per heavy atom. The number of rotatable bonds is 6. The number of piperidine rings is 1. The lowest BCUT2D eigenvalue weighted by atomic mass is 10.1. The molecule has 0 bridgehead atoms. The minimum Gasteiger partial charge on any atom is -0.314 e. The molecule has 1 aliphatic heterocycles. The summed E-state index contributed by atoms with van der Waals surface area (Å²) in [6.07, 6.45) is 7.52. The molecular formula is C19H25FN4O2S. The largest absolute Gasteiger partial charge is 0.314 e. The van der Waals surface area contributed by atoms with E-state index in [1.165, 1.54) is 34.0 Å². The van der Waals surface area contributed by atoms with Gasteiger partial charge in [-0.15, -0.1) is 0 Å². The first kappa shape index (κ1) is 18.6. The average molecular weight is 393 g/mol. The predicted octanol–water partition coefficient (Wildman–Crippen LogP) is 2.47. The van der Waals surface area contributed by atoms with Gasteiger partial charge in [0.2, 0.25) is 10.0 Å². The molecule has 0 radical (unpaired) electrons. The van der Waals surface area contributed by atoms with Gasteiger partial charge in [0.05, 0.1) is 11.1 Å². The minimum absolute atomic E-state index is 0.00276. The van der Waals surface area contributed by atoms with Crippen molar-refractivity contribution in [2.75, 3.05) is 19.6 Å². The topological polar surface area (TPSA) is 67.2 Å². The Morgan fingerprint density at radius 2 is 1.96 bits per heavy atom. The molecule has 2 aliphatic rings. The van der Waals surface area contributed by atoms with Crippen LogP contribution in [-0.4, -0.2) is 48.2 Å². The first-order valence-electron chi connectivity index (χ1n) is 9.48. The van der Waals surface area contributed by atoms with Crippen LogP contribution in [0.15, 0.2) is 35.5 Å². The Hall–Kier alpha value is -1.77. The van der Waals surface area contributed by atoms with Crippen LogP contribution in [0.5, 0.6) is 0 Å². The van der Waals surface area contributed by atoms with Crippen LogP contribution in [0.3, 0.4) is 0 Å². The summed E-state index contributed by atoms with van der Waals surface area (Å²) in [5.74, 6) is 0.215. The van der Waals surface area contributed by atoms with E-state index >= 15 is 0 Å². The Balaban J connectivity index is 1.44. The van der Waals surface area contributed by atoms with E-state index in [0.717, 1.165) is 36.9 Å². The zero-order valence-electron chi connectivity index (χ0n) is 15.4. The molecule has 4 rings (SSSR count). The van der Waals surface area contributed by atoms with Crippen LogP contribution in [0.1, 0.15) is 31.2 Å². The highest BCUT2D eigenvalue weighted by molar-refractivity contribution is 7.89. The summed E-state index contributed by atoms with van der Waals surface area (Å²) in [6.45, 7) is 3.83. The third-order valence-corrected chi connectivity index (χ3v) is 7.26. The maximum absolute atomic E-state index is 14.5. The zero-order chi connectivity index (χ0) is 19.0. The van der Waals surface area contributed by atoms with E-state index in [4.69, 9.17) is 0 Å². The Kier molecular flexibility index (Phi) is 5.05. The Morgan fingerprint density at radius 3 is 2.56 bits per heavy atom. The van der Waals surface area contributed by atoms with Gasteiger partial charge in [-0.25, -0.2) is 17.5 Å². The van der Waals surface area contributed by atoms with E-state index in [0.29, 0.717) is 19.1 Å². The van der Waals surface area contributed by atoms with Crippen molar-refractivity contribution in [3.63, 3.8) is 0 Å². The van der Waals surface area contributed by atoms with Crippen molar-refractivity contribution in [2.45, 2.75) is 43.5 Å². The van der Waals surface area contributed by atoms with Crippen molar-refractivity contribution in [3.8, 4) is 5.69 Å². The fraction of sp³-hybridized carbons (Fsp3) is 0.526. The summed E-state index contributed by atoms with van der Waals surface area (Å²) in [6, 6.07) is 4.40. The molecule has 0 unspecified atom stereocenters. The summed E-state index contributed by atoms with van der Waals surface area (Å²) >= 11 is 0. The first-order chi connectivity index (χ1) is 12.9. The van der Waals surface area contributed by atoms with E-state index in [9.17, 15) is 12.8 Å². The van der Waals surface area contributed by atoms with E-state index in [2.05, 4.69) is 10.4 Å². The highest BCUT2D eigenvalue weighted by Gasteiger charge is 2.31. The van der Waals surface area contributed by atoms with Crippen molar-refractivity contribution in [1.29, 1.82) is 0 Å². The van der Waals surface area contributed by atoms with Gasteiger partial charge in [0.15, 0.2) is 0 Å². The van der Waals surface area contributed by atoms with Gasteiger partial charge >= 0.3 is 0 Å². The number of aryl methyl sites for hydroxylation is 1. The molecule has 27 heavy (non-hydrogen) atoms. The summed E-state index contributed by atoms with van der Waals surface area (Å²) in [7, 11) is -3.68. The number of aromatic nitrogens is 2. The molecule has 2 heterocycles. The maximum Gasteiger partial charge on any atom is 0.243 e. The molecular weight excluding hydrogens is 367 g/mol. The molecule has 2 aromatic rings. The third-order valence-electron chi connectivity index (χ3n) is 5.36. The molecule has 1 saturated carbocycles. The second-order valence-corrected chi connectivity index (χ2v) is 9.54. The van der Waals surface area contributed by atoms with Gasteiger partial charge in [0, 0.05) is 25.3 Å². The number of halogens is 1. The number of hydrogen-bond donors (Lipinski definition) is 1. The average Bonchev–Trinajstić information content (AvgIpc) is 3.39. The van der Waals surface area contributed by atoms with Crippen molar-refractivity contribution in [1.82, 2.24) is 19.4 Å². The number of nitrogens with one attached hydrogen (secondary N) is 1. The van der Waals surface area contributed by atoms with Gasteiger partial charge in [-0.2, -0.15) is 9.40 Å². The fourth-order valence-corrected chi connectivity index (χ4v) is 4.97. The monoisotopic (exact) mass is 392 g/mol. The fourth-order valence-electron chi connectivity index (χ4n) is 3.48. The summed E-state index contributed by atoms with van der Waals surface area (Å²) in [4.78, 5) is -0.00276. The predicted molar refractivity (Wildman–Crippen MR) is 101 cm³/mol. The van der Waals surface area contributed by atoms with E-state index in [1.54, 1.807) is 12.4 Å². The van der Waals surface area contributed by atoms with Crippen LogP contribution in [0.25, 0.3) is 5.69 Å². The van der Waals surface area contributed by atoms with Crippen LogP contribution >= 0.6 is 0 Å². The molecule has 2 fully saturated rings. The van der Waals surface area contributed by atoms with Gasteiger partial charge in [0.25, 0.3) is 0 Å². The van der Waals surface area contributed by atoms with Crippen molar-refractivity contribution < 1.29 is 12.8 Å². The van der Waals surface area contributed by atoms with E-state index in [1.807, 2.05) is 6.92 Å². The number of sulfonamides is 1.